The summed E-state index contributed by atoms with van der Waals surface area (Å²) in [4.78, 5) is 12.0. The van der Waals surface area contributed by atoms with E-state index in [1.165, 1.54) is 0 Å². The molecule has 106 valence electrons. The first-order valence-electron chi connectivity index (χ1n) is 6.86. The minimum Gasteiger partial charge on any atom is -0.382 e. The molecule has 0 aliphatic heterocycles. The standard InChI is InChI=1S/C13H24O4S/c1-2-18(16,17)11-7-8-12(14)13(15)9-5-3-4-6-10-13/h15H,2-11H2,1H3. The second kappa shape index (κ2) is 6.66. The van der Waals surface area contributed by atoms with Crippen LogP contribution in [0.2, 0.25) is 0 Å². The van der Waals surface area contributed by atoms with Crippen molar-refractivity contribution < 1.29 is 18.3 Å². The Morgan fingerprint density at radius 3 is 2.22 bits per heavy atom. The highest BCUT2D eigenvalue weighted by molar-refractivity contribution is 7.91. The SMILES string of the molecule is CCS(=O)(=O)CCCC(=O)C1(O)CCCCCC1. The van der Waals surface area contributed by atoms with Gasteiger partial charge in [0.15, 0.2) is 5.78 Å². The number of aliphatic hydroxyl groups is 1. The van der Waals surface area contributed by atoms with Crippen LogP contribution in [0.4, 0.5) is 0 Å². The van der Waals surface area contributed by atoms with E-state index in [-0.39, 0.29) is 23.7 Å². The Morgan fingerprint density at radius 2 is 1.72 bits per heavy atom. The van der Waals surface area contributed by atoms with E-state index in [0.717, 1.165) is 25.7 Å². The van der Waals surface area contributed by atoms with Crippen molar-refractivity contribution in [1.82, 2.24) is 0 Å². The largest absolute Gasteiger partial charge is 0.382 e. The number of carbonyl (C=O) groups is 1. The van der Waals surface area contributed by atoms with Gasteiger partial charge in [-0.05, 0) is 19.3 Å². The zero-order valence-electron chi connectivity index (χ0n) is 11.2. The van der Waals surface area contributed by atoms with Gasteiger partial charge in [-0.2, -0.15) is 0 Å². The lowest BCUT2D eigenvalue weighted by Gasteiger charge is -2.24. The van der Waals surface area contributed by atoms with E-state index in [2.05, 4.69) is 0 Å². The molecule has 0 heterocycles. The van der Waals surface area contributed by atoms with Crippen molar-refractivity contribution >= 4 is 15.6 Å². The summed E-state index contributed by atoms with van der Waals surface area (Å²) in [6, 6.07) is 0. The van der Waals surface area contributed by atoms with Gasteiger partial charge in [-0.3, -0.25) is 4.79 Å². The summed E-state index contributed by atoms with van der Waals surface area (Å²) >= 11 is 0. The summed E-state index contributed by atoms with van der Waals surface area (Å²) in [5.41, 5.74) is -1.19. The lowest BCUT2D eigenvalue weighted by Crippen LogP contribution is -2.38. The molecular formula is C13H24O4S. The molecule has 1 N–H and O–H groups in total. The molecule has 4 nitrogen and oxygen atoms in total. The number of Topliss-reactive ketones (excluding diaryl/α,β-unsaturated/α-hetero) is 1. The van der Waals surface area contributed by atoms with E-state index in [4.69, 9.17) is 0 Å². The maximum Gasteiger partial charge on any atom is 0.164 e. The molecule has 0 bridgehead atoms. The molecule has 1 aliphatic carbocycles. The fraction of sp³-hybridized carbons (Fsp3) is 0.923. The monoisotopic (exact) mass is 276 g/mol. The average Bonchev–Trinajstić information content (AvgIpc) is 2.55. The van der Waals surface area contributed by atoms with Crippen LogP contribution in [0.5, 0.6) is 0 Å². The highest BCUT2D eigenvalue weighted by Gasteiger charge is 2.35. The zero-order chi connectivity index (χ0) is 13.6. The molecule has 0 aromatic rings. The lowest BCUT2D eigenvalue weighted by atomic mass is 9.88. The van der Waals surface area contributed by atoms with Gasteiger partial charge in [-0.15, -0.1) is 0 Å². The highest BCUT2D eigenvalue weighted by atomic mass is 32.2. The van der Waals surface area contributed by atoms with Crippen LogP contribution in [-0.4, -0.2) is 36.4 Å². The van der Waals surface area contributed by atoms with Gasteiger partial charge < -0.3 is 5.11 Å². The van der Waals surface area contributed by atoms with Crippen LogP contribution in [0, 0.1) is 0 Å². The Labute approximate surface area is 110 Å². The van der Waals surface area contributed by atoms with Crippen molar-refractivity contribution in [1.29, 1.82) is 0 Å². The van der Waals surface area contributed by atoms with E-state index in [0.29, 0.717) is 19.3 Å². The van der Waals surface area contributed by atoms with Gasteiger partial charge in [0.1, 0.15) is 15.4 Å². The molecule has 0 spiro atoms. The van der Waals surface area contributed by atoms with E-state index in [9.17, 15) is 18.3 Å². The van der Waals surface area contributed by atoms with Crippen molar-refractivity contribution in [3.63, 3.8) is 0 Å². The molecule has 0 radical (unpaired) electrons. The fourth-order valence-corrected chi connectivity index (χ4v) is 3.29. The predicted molar refractivity (Wildman–Crippen MR) is 71.2 cm³/mol. The van der Waals surface area contributed by atoms with Crippen LogP contribution >= 0.6 is 0 Å². The fourth-order valence-electron chi connectivity index (χ4n) is 2.42. The molecule has 1 fully saturated rings. The Bertz CT molecular complexity index is 364. The maximum absolute atomic E-state index is 12.0. The summed E-state index contributed by atoms with van der Waals surface area (Å²) < 4.78 is 22.6. The number of ketones is 1. The quantitative estimate of drug-likeness (QED) is 0.752. The summed E-state index contributed by atoms with van der Waals surface area (Å²) in [5, 5.41) is 10.3. The molecule has 5 heteroatoms. The Balaban J connectivity index is 2.44. The summed E-state index contributed by atoms with van der Waals surface area (Å²) in [5.74, 6) is -0.00717. The van der Waals surface area contributed by atoms with Crippen LogP contribution in [0.1, 0.15) is 58.3 Å². The van der Waals surface area contributed by atoms with Gasteiger partial charge >= 0.3 is 0 Å². The van der Waals surface area contributed by atoms with E-state index < -0.39 is 15.4 Å². The van der Waals surface area contributed by atoms with Gasteiger partial charge in [0.05, 0.1) is 5.75 Å². The maximum atomic E-state index is 12.0. The van der Waals surface area contributed by atoms with Crippen molar-refractivity contribution in [2.24, 2.45) is 0 Å². The van der Waals surface area contributed by atoms with Crippen molar-refractivity contribution in [3.05, 3.63) is 0 Å². The Hall–Kier alpha value is -0.420. The Morgan fingerprint density at radius 1 is 1.17 bits per heavy atom. The Kier molecular flexibility index (Phi) is 5.79. The summed E-state index contributed by atoms with van der Waals surface area (Å²) in [7, 11) is -3.01. The number of rotatable bonds is 6. The van der Waals surface area contributed by atoms with E-state index in [1.807, 2.05) is 0 Å². The molecule has 0 amide bonds. The first-order valence-corrected chi connectivity index (χ1v) is 8.68. The van der Waals surface area contributed by atoms with Gasteiger partial charge in [-0.25, -0.2) is 8.42 Å². The first-order chi connectivity index (χ1) is 8.40. The average molecular weight is 276 g/mol. The molecule has 18 heavy (non-hydrogen) atoms. The second-order valence-electron chi connectivity index (χ2n) is 5.21. The number of hydrogen-bond donors (Lipinski definition) is 1. The third-order valence-corrected chi connectivity index (χ3v) is 5.54. The van der Waals surface area contributed by atoms with Gasteiger partial charge in [0.25, 0.3) is 0 Å². The molecular weight excluding hydrogens is 252 g/mol. The van der Waals surface area contributed by atoms with Gasteiger partial charge in [0.2, 0.25) is 0 Å². The topological polar surface area (TPSA) is 71.4 Å². The minimum atomic E-state index is -3.01. The minimum absolute atomic E-state index is 0.0469. The molecule has 1 saturated carbocycles. The van der Waals surface area contributed by atoms with Crippen molar-refractivity contribution in [2.45, 2.75) is 63.9 Å². The van der Waals surface area contributed by atoms with Crippen molar-refractivity contribution in [2.75, 3.05) is 11.5 Å². The summed E-state index contributed by atoms with van der Waals surface area (Å²) in [6.07, 6.45) is 5.48. The van der Waals surface area contributed by atoms with E-state index in [1.54, 1.807) is 6.92 Å². The van der Waals surface area contributed by atoms with Gasteiger partial charge in [-0.1, -0.05) is 32.6 Å². The molecule has 1 rings (SSSR count). The third kappa shape index (κ3) is 4.69. The highest BCUT2D eigenvalue weighted by Crippen LogP contribution is 2.29. The number of sulfone groups is 1. The second-order valence-corrected chi connectivity index (χ2v) is 7.68. The van der Waals surface area contributed by atoms with E-state index >= 15 is 0 Å². The molecule has 0 unspecified atom stereocenters. The van der Waals surface area contributed by atoms with Crippen LogP contribution in [-0.2, 0) is 14.6 Å². The summed E-state index contributed by atoms with van der Waals surface area (Å²) in [6.45, 7) is 1.61. The lowest BCUT2D eigenvalue weighted by molar-refractivity contribution is -0.138. The molecule has 0 aromatic heterocycles. The molecule has 1 aliphatic rings. The smallest absolute Gasteiger partial charge is 0.164 e. The van der Waals surface area contributed by atoms with Crippen LogP contribution in [0.25, 0.3) is 0 Å². The molecule has 0 atom stereocenters. The van der Waals surface area contributed by atoms with Crippen LogP contribution in [0.15, 0.2) is 0 Å². The first kappa shape index (κ1) is 15.6. The normalized spacial score (nSPS) is 20.3. The number of hydrogen-bond acceptors (Lipinski definition) is 4. The van der Waals surface area contributed by atoms with Gasteiger partial charge in [0, 0.05) is 12.2 Å². The predicted octanol–water partition coefficient (Wildman–Crippen LogP) is 1.86. The van der Waals surface area contributed by atoms with Crippen LogP contribution in [0.3, 0.4) is 0 Å². The molecule has 0 aromatic carbocycles. The van der Waals surface area contributed by atoms with Crippen LogP contribution < -0.4 is 0 Å². The van der Waals surface area contributed by atoms with Crippen molar-refractivity contribution in [3.8, 4) is 0 Å². The zero-order valence-corrected chi connectivity index (χ0v) is 12.0. The molecule has 0 saturated heterocycles. The third-order valence-electron chi connectivity index (χ3n) is 3.75. The number of carbonyl (C=O) groups excluding carboxylic acids is 1.